The molecule has 2 aromatic carbocycles. The molecule has 0 radical (unpaired) electrons. The van der Waals surface area contributed by atoms with Crippen molar-refractivity contribution < 1.29 is 34.2 Å². The van der Waals surface area contributed by atoms with Crippen LogP contribution in [-0.2, 0) is 21.2 Å². The zero-order valence-corrected chi connectivity index (χ0v) is 20.4. The van der Waals surface area contributed by atoms with Crippen LogP contribution in [0.3, 0.4) is 0 Å². The molecule has 35 heavy (non-hydrogen) atoms. The highest BCUT2D eigenvalue weighted by Gasteiger charge is 2.62. The fourth-order valence-corrected chi connectivity index (χ4v) is 5.47. The Morgan fingerprint density at radius 1 is 1.23 bits per heavy atom. The van der Waals surface area contributed by atoms with E-state index >= 15 is 4.39 Å². The Balaban J connectivity index is 1.78. The quantitative estimate of drug-likeness (QED) is 0.568. The third kappa shape index (κ3) is 4.96. The molecule has 1 heterocycles. The molecular weight excluding hydrogens is 481 g/mol. The Labute approximate surface area is 206 Å². The molecule has 1 aliphatic heterocycles. The minimum Gasteiger partial charge on any atom is -0.380 e. The number of hydrogen-bond acceptors (Lipinski definition) is 4. The van der Waals surface area contributed by atoms with E-state index in [4.69, 9.17) is 2.74 Å². The number of aliphatic hydroxyl groups is 1. The van der Waals surface area contributed by atoms with Crippen molar-refractivity contribution in [3.63, 3.8) is 0 Å². The van der Waals surface area contributed by atoms with E-state index in [2.05, 4.69) is 4.72 Å². The molecule has 2 aliphatic rings. The summed E-state index contributed by atoms with van der Waals surface area (Å²) < 4.78 is 87.5. The average Bonchev–Trinajstić information content (AvgIpc) is 3.21. The van der Waals surface area contributed by atoms with Crippen LogP contribution in [0.4, 0.5) is 13.2 Å². The summed E-state index contributed by atoms with van der Waals surface area (Å²) in [5.41, 5.74) is -1.92. The van der Waals surface area contributed by atoms with Gasteiger partial charge in [0.15, 0.2) is 0 Å². The molecule has 6 nitrogen and oxygen atoms in total. The minimum absolute atomic E-state index is 0.0236. The van der Waals surface area contributed by atoms with E-state index in [1.54, 1.807) is 6.92 Å². The van der Waals surface area contributed by atoms with Crippen LogP contribution in [0.2, 0.25) is 0 Å². The third-order valence-corrected chi connectivity index (χ3v) is 8.20. The van der Waals surface area contributed by atoms with Gasteiger partial charge in [-0.15, -0.1) is 0 Å². The Kier molecular flexibility index (Phi) is 6.06. The summed E-state index contributed by atoms with van der Waals surface area (Å²) in [5, 5.41) is 10.7. The lowest BCUT2D eigenvalue weighted by Gasteiger charge is -2.36. The number of fused-ring (bicyclic) bond motifs is 1. The maximum absolute atomic E-state index is 15.7. The number of likely N-dealkylation sites (tertiary alicyclic amines) is 1. The molecule has 5 atom stereocenters. The second-order valence-corrected chi connectivity index (χ2v) is 11.3. The van der Waals surface area contributed by atoms with Crippen molar-refractivity contribution in [3.8, 4) is 11.1 Å². The molecule has 1 aliphatic carbocycles. The lowest BCUT2D eigenvalue weighted by Crippen LogP contribution is -2.56. The zero-order chi connectivity index (χ0) is 27.5. The standard InChI is InChI=1S/C25H29F3N2O4S/c1-4-25(3,32)24(31)30-20-13-19(20)23(29-35(33,34)5-2)21(30)11-14-7-6-8-18(22(14)28)15-9-16(26)12-17(27)10-15/h6-10,12,19-21,23,29,32H,4-5,11,13H2,1-3H3/t19-,20+,21+,23+,25-/m0/s1/i13D2. The van der Waals surface area contributed by atoms with Crippen LogP contribution in [0.1, 0.15) is 41.9 Å². The van der Waals surface area contributed by atoms with Gasteiger partial charge in [0.1, 0.15) is 23.1 Å². The number of rotatable bonds is 8. The molecule has 10 heteroatoms. The lowest BCUT2D eigenvalue weighted by molar-refractivity contribution is -0.152. The van der Waals surface area contributed by atoms with Gasteiger partial charge >= 0.3 is 0 Å². The summed E-state index contributed by atoms with van der Waals surface area (Å²) in [6.07, 6.45) is -2.10. The number of nitrogens with zero attached hydrogens (tertiary/aromatic N) is 1. The topological polar surface area (TPSA) is 86.7 Å². The van der Waals surface area contributed by atoms with Crippen molar-refractivity contribution >= 4 is 15.9 Å². The molecule has 190 valence electrons. The number of halogens is 3. The third-order valence-electron chi connectivity index (χ3n) is 6.81. The van der Waals surface area contributed by atoms with Gasteiger partial charge in [-0.05, 0) is 62.2 Å². The highest BCUT2D eigenvalue weighted by molar-refractivity contribution is 7.89. The minimum atomic E-state index is -3.84. The largest absolute Gasteiger partial charge is 0.380 e. The number of carbonyl (C=O) groups is 1. The van der Waals surface area contributed by atoms with E-state index in [-0.39, 0.29) is 35.3 Å². The molecule has 0 bridgehead atoms. The van der Waals surface area contributed by atoms with Gasteiger partial charge in [-0.25, -0.2) is 26.3 Å². The van der Waals surface area contributed by atoms with Gasteiger partial charge in [0.2, 0.25) is 10.0 Å². The fraction of sp³-hybridized carbons (Fsp3) is 0.480. The van der Waals surface area contributed by atoms with Crippen LogP contribution in [-0.4, -0.2) is 53.8 Å². The first kappa shape index (κ1) is 23.0. The summed E-state index contributed by atoms with van der Waals surface area (Å²) in [4.78, 5) is 14.6. The number of piperidine rings is 1. The smallest absolute Gasteiger partial charge is 0.254 e. The van der Waals surface area contributed by atoms with E-state index in [1.165, 1.54) is 32.0 Å². The molecule has 0 unspecified atom stereocenters. The van der Waals surface area contributed by atoms with Crippen molar-refractivity contribution in [1.29, 1.82) is 0 Å². The van der Waals surface area contributed by atoms with Crippen LogP contribution < -0.4 is 4.72 Å². The molecule has 1 amide bonds. The van der Waals surface area contributed by atoms with Crippen LogP contribution in [0.5, 0.6) is 0 Å². The first-order chi connectivity index (χ1) is 17.1. The van der Waals surface area contributed by atoms with E-state index in [9.17, 15) is 27.1 Å². The van der Waals surface area contributed by atoms with E-state index in [0.717, 1.165) is 17.0 Å². The Bertz CT molecular complexity index is 1320. The second-order valence-electron chi connectivity index (χ2n) is 9.23. The van der Waals surface area contributed by atoms with Crippen LogP contribution in [0.25, 0.3) is 11.1 Å². The summed E-state index contributed by atoms with van der Waals surface area (Å²) in [7, 11) is -3.84. The van der Waals surface area contributed by atoms with Gasteiger partial charge in [-0.1, -0.05) is 25.1 Å². The summed E-state index contributed by atoms with van der Waals surface area (Å²) in [5.74, 6) is -4.53. The van der Waals surface area contributed by atoms with E-state index in [1.807, 2.05) is 0 Å². The van der Waals surface area contributed by atoms with Crippen molar-refractivity contribution in [3.05, 3.63) is 59.4 Å². The van der Waals surface area contributed by atoms with Gasteiger partial charge in [-0.2, -0.15) is 0 Å². The first-order valence-electron chi connectivity index (χ1n) is 12.4. The van der Waals surface area contributed by atoms with Crippen molar-refractivity contribution in [2.24, 2.45) is 5.92 Å². The Hall–Kier alpha value is -2.43. The van der Waals surface area contributed by atoms with Gasteiger partial charge in [0, 0.05) is 26.5 Å². The molecular formula is C25H29F3N2O4S. The van der Waals surface area contributed by atoms with Crippen LogP contribution in [0.15, 0.2) is 36.4 Å². The first-order valence-corrected chi connectivity index (χ1v) is 13.1. The highest BCUT2D eigenvalue weighted by atomic mass is 32.2. The predicted molar refractivity (Wildman–Crippen MR) is 125 cm³/mol. The molecule has 1 saturated carbocycles. The monoisotopic (exact) mass is 512 g/mol. The number of nitrogens with one attached hydrogen (secondary N) is 1. The lowest BCUT2D eigenvalue weighted by atomic mass is 9.93. The van der Waals surface area contributed by atoms with Crippen LogP contribution >= 0.6 is 0 Å². The molecule has 0 spiro atoms. The molecule has 2 N–H and O–H groups in total. The van der Waals surface area contributed by atoms with Crippen molar-refractivity contribution in [1.82, 2.24) is 9.62 Å². The molecule has 0 aromatic heterocycles. The zero-order valence-electron chi connectivity index (χ0n) is 21.6. The number of benzene rings is 2. The maximum Gasteiger partial charge on any atom is 0.254 e. The molecule has 2 aromatic rings. The Morgan fingerprint density at radius 2 is 1.89 bits per heavy atom. The van der Waals surface area contributed by atoms with Gasteiger partial charge in [0.25, 0.3) is 5.91 Å². The van der Waals surface area contributed by atoms with E-state index in [0.29, 0.717) is 6.07 Å². The van der Waals surface area contributed by atoms with Crippen LogP contribution in [0, 0.1) is 23.4 Å². The second kappa shape index (κ2) is 9.22. The number of sulfonamides is 1. The molecule has 4 rings (SSSR count). The van der Waals surface area contributed by atoms with Gasteiger partial charge in [0.05, 0.1) is 11.8 Å². The van der Waals surface area contributed by atoms with Crippen molar-refractivity contribution in [2.45, 2.75) is 63.7 Å². The predicted octanol–water partition coefficient (Wildman–Crippen LogP) is 3.38. The summed E-state index contributed by atoms with van der Waals surface area (Å²) in [6.45, 7) is 4.29. The SMILES string of the molecule is [2H]C1([2H])[C@@H]2[C@@H](NS(=O)(=O)CC)[C@@H](Cc3cccc(-c4cc(F)cc(F)c4)c3F)N(C(=O)[C@@](C)(O)CC)[C@@H]21. The fourth-order valence-electron chi connectivity index (χ4n) is 4.58. The molecule has 1 saturated heterocycles. The highest BCUT2D eigenvalue weighted by Crippen LogP contribution is 2.50. The number of hydrogen-bond donors (Lipinski definition) is 2. The summed E-state index contributed by atoms with van der Waals surface area (Å²) in [6, 6.07) is 3.78. The Morgan fingerprint density at radius 3 is 2.49 bits per heavy atom. The average molecular weight is 513 g/mol. The van der Waals surface area contributed by atoms with Gasteiger partial charge in [-0.3, -0.25) is 4.79 Å². The number of amides is 1. The number of carbonyl (C=O) groups excluding carboxylic acids is 1. The normalized spacial score (nSPS) is 27.6. The van der Waals surface area contributed by atoms with Gasteiger partial charge < -0.3 is 10.0 Å². The summed E-state index contributed by atoms with van der Waals surface area (Å²) >= 11 is 0. The maximum atomic E-state index is 15.7. The molecule has 2 fully saturated rings. The van der Waals surface area contributed by atoms with E-state index < -0.39 is 69.4 Å². The van der Waals surface area contributed by atoms with Crippen molar-refractivity contribution in [2.75, 3.05) is 5.75 Å².